The van der Waals surface area contributed by atoms with Crippen molar-refractivity contribution in [2.75, 3.05) is 13.2 Å². The van der Waals surface area contributed by atoms with E-state index in [0.29, 0.717) is 6.61 Å². The Morgan fingerprint density at radius 1 is 1.09 bits per heavy atom. The van der Waals surface area contributed by atoms with E-state index >= 15 is 0 Å². The molecule has 4 nitrogen and oxygen atoms in total. The lowest BCUT2D eigenvalue weighted by Gasteiger charge is -2.15. The molecule has 0 spiro atoms. The third-order valence-electron chi connectivity index (χ3n) is 3.80. The first kappa shape index (κ1) is 15.6. The lowest BCUT2D eigenvalue weighted by atomic mass is 10.1. The molecule has 0 saturated heterocycles. The normalized spacial score (nSPS) is 12.4. The van der Waals surface area contributed by atoms with Gasteiger partial charge in [-0.2, -0.15) is 0 Å². The molecule has 1 atom stereocenters. The van der Waals surface area contributed by atoms with Gasteiger partial charge in [-0.25, -0.2) is 0 Å². The van der Waals surface area contributed by atoms with Gasteiger partial charge in [-0.3, -0.25) is 9.97 Å². The number of hydrogen-bond donors (Lipinski definition) is 1. The Balaban J connectivity index is 1.52. The molecule has 0 bridgehead atoms. The first-order valence-corrected chi connectivity index (χ1v) is 7.83. The summed E-state index contributed by atoms with van der Waals surface area (Å²) in [6.45, 7) is 0.552. The monoisotopic (exact) mass is 308 g/mol. The van der Waals surface area contributed by atoms with Gasteiger partial charge in [-0.1, -0.05) is 24.3 Å². The van der Waals surface area contributed by atoms with Gasteiger partial charge in [-0.05, 0) is 36.6 Å². The van der Waals surface area contributed by atoms with E-state index in [-0.39, 0.29) is 12.7 Å². The summed E-state index contributed by atoms with van der Waals surface area (Å²) in [6, 6.07) is 14.1. The van der Waals surface area contributed by atoms with Crippen LogP contribution in [0.25, 0.3) is 10.9 Å². The molecule has 3 rings (SSSR count). The van der Waals surface area contributed by atoms with Gasteiger partial charge >= 0.3 is 0 Å². The van der Waals surface area contributed by atoms with Crippen molar-refractivity contribution >= 4 is 10.9 Å². The van der Waals surface area contributed by atoms with Gasteiger partial charge < -0.3 is 9.84 Å². The fourth-order valence-corrected chi connectivity index (χ4v) is 2.58. The highest BCUT2D eigenvalue weighted by Gasteiger charge is 2.10. The van der Waals surface area contributed by atoms with E-state index in [2.05, 4.69) is 22.1 Å². The molecule has 0 fully saturated rings. The van der Waals surface area contributed by atoms with Crippen LogP contribution in [0, 0.1) is 0 Å². The van der Waals surface area contributed by atoms with Crippen molar-refractivity contribution in [3.8, 4) is 0 Å². The zero-order valence-corrected chi connectivity index (χ0v) is 12.9. The number of rotatable bonds is 7. The topological polar surface area (TPSA) is 55.2 Å². The van der Waals surface area contributed by atoms with E-state index < -0.39 is 0 Å². The largest absolute Gasteiger partial charge is 0.393 e. The number of benzene rings is 1. The van der Waals surface area contributed by atoms with Crippen LogP contribution in [-0.2, 0) is 11.2 Å². The minimum absolute atomic E-state index is 0.0385. The van der Waals surface area contributed by atoms with Crippen LogP contribution in [0.2, 0.25) is 0 Å². The van der Waals surface area contributed by atoms with Crippen LogP contribution < -0.4 is 0 Å². The number of pyridine rings is 2. The molecule has 2 aromatic heterocycles. The SMILES string of the molecule is OCC(OCCCc1cnc2ccccc2c1)c1cccnc1. The van der Waals surface area contributed by atoms with Crippen molar-refractivity contribution in [3.63, 3.8) is 0 Å². The molecular formula is C19H20N2O2. The summed E-state index contributed by atoms with van der Waals surface area (Å²) < 4.78 is 5.78. The van der Waals surface area contributed by atoms with E-state index in [1.54, 1.807) is 12.4 Å². The second-order valence-electron chi connectivity index (χ2n) is 5.47. The smallest absolute Gasteiger partial charge is 0.107 e. The summed E-state index contributed by atoms with van der Waals surface area (Å²) in [5, 5.41) is 10.6. The van der Waals surface area contributed by atoms with E-state index in [1.807, 2.05) is 36.5 Å². The second-order valence-corrected chi connectivity index (χ2v) is 5.47. The number of aromatic nitrogens is 2. The number of aliphatic hydroxyl groups is 1. The van der Waals surface area contributed by atoms with Crippen LogP contribution in [0.5, 0.6) is 0 Å². The molecule has 4 heteroatoms. The third-order valence-corrected chi connectivity index (χ3v) is 3.80. The van der Waals surface area contributed by atoms with E-state index in [1.165, 1.54) is 5.56 Å². The highest BCUT2D eigenvalue weighted by Crippen LogP contribution is 2.17. The molecule has 23 heavy (non-hydrogen) atoms. The maximum Gasteiger partial charge on any atom is 0.107 e. The van der Waals surface area contributed by atoms with Gasteiger partial charge in [0, 0.05) is 36.1 Å². The summed E-state index contributed by atoms with van der Waals surface area (Å²) >= 11 is 0. The van der Waals surface area contributed by atoms with Crippen molar-refractivity contribution in [1.29, 1.82) is 0 Å². The van der Waals surface area contributed by atoms with E-state index in [9.17, 15) is 5.11 Å². The number of ether oxygens (including phenoxy) is 1. The first-order valence-electron chi connectivity index (χ1n) is 7.83. The van der Waals surface area contributed by atoms with Crippen LogP contribution in [0.3, 0.4) is 0 Å². The van der Waals surface area contributed by atoms with Crippen LogP contribution >= 0.6 is 0 Å². The molecule has 1 N–H and O–H groups in total. The zero-order valence-electron chi connectivity index (χ0n) is 12.9. The van der Waals surface area contributed by atoms with E-state index in [0.717, 1.165) is 29.3 Å². The van der Waals surface area contributed by atoms with Gasteiger partial charge in [0.2, 0.25) is 0 Å². The standard InChI is InChI=1S/C19H20N2O2/c22-14-19(17-7-3-9-20-13-17)23-10-4-5-15-11-16-6-1-2-8-18(16)21-12-15/h1-3,6-9,11-13,19,22H,4-5,10,14H2. The van der Waals surface area contributed by atoms with Crippen LogP contribution in [-0.4, -0.2) is 28.3 Å². The highest BCUT2D eigenvalue weighted by atomic mass is 16.5. The first-order chi connectivity index (χ1) is 11.4. The number of para-hydroxylation sites is 1. The van der Waals surface area contributed by atoms with Crippen LogP contribution in [0.1, 0.15) is 23.7 Å². The minimum atomic E-state index is -0.307. The lowest BCUT2D eigenvalue weighted by molar-refractivity contribution is 0.0105. The van der Waals surface area contributed by atoms with Crippen molar-refractivity contribution in [3.05, 3.63) is 72.2 Å². The van der Waals surface area contributed by atoms with Crippen LogP contribution in [0.15, 0.2) is 61.1 Å². The molecule has 0 aliphatic carbocycles. The fourth-order valence-electron chi connectivity index (χ4n) is 2.58. The average molecular weight is 308 g/mol. The van der Waals surface area contributed by atoms with Crippen molar-refractivity contribution in [1.82, 2.24) is 9.97 Å². The second kappa shape index (κ2) is 7.81. The molecule has 2 heterocycles. The summed E-state index contributed by atoms with van der Waals surface area (Å²) in [5.41, 5.74) is 3.13. The Bertz CT molecular complexity index is 746. The molecule has 1 aromatic carbocycles. The predicted molar refractivity (Wildman–Crippen MR) is 90.1 cm³/mol. The maximum atomic E-state index is 9.45. The van der Waals surface area contributed by atoms with Gasteiger partial charge in [-0.15, -0.1) is 0 Å². The quantitative estimate of drug-likeness (QED) is 0.680. The molecular weight excluding hydrogens is 288 g/mol. The Morgan fingerprint density at radius 3 is 2.83 bits per heavy atom. The molecule has 0 amide bonds. The van der Waals surface area contributed by atoms with Gasteiger partial charge in [0.05, 0.1) is 12.1 Å². The van der Waals surface area contributed by atoms with E-state index in [4.69, 9.17) is 4.74 Å². The van der Waals surface area contributed by atoms with Crippen LogP contribution in [0.4, 0.5) is 0 Å². The third kappa shape index (κ3) is 4.12. The number of aliphatic hydroxyl groups excluding tert-OH is 1. The number of hydrogen-bond acceptors (Lipinski definition) is 4. The van der Waals surface area contributed by atoms with Crippen molar-refractivity contribution in [2.45, 2.75) is 18.9 Å². The molecule has 0 aliphatic heterocycles. The Labute approximate surface area is 135 Å². The molecule has 1 unspecified atom stereocenters. The molecule has 3 aromatic rings. The minimum Gasteiger partial charge on any atom is -0.393 e. The molecule has 118 valence electrons. The lowest BCUT2D eigenvalue weighted by Crippen LogP contribution is -2.10. The highest BCUT2D eigenvalue weighted by molar-refractivity contribution is 5.78. The molecule has 0 saturated carbocycles. The Hall–Kier alpha value is -2.30. The number of fused-ring (bicyclic) bond motifs is 1. The van der Waals surface area contributed by atoms with Crippen molar-refractivity contribution in [2.24, 2.45) is 0 Å². The van der Waals surface area contributed by atoms with Crippen molar-refractivity contribution < 1.29 is 9.84 Å². The summed E-state index contributed by atoms with van der Waals surface area (Å²) in [7, 11) is 0. The number of aryl methyl sites for hydroxylation is 1. The average Bonchev–Trinajstić information content (AvgIpc) is 2.62. The Kier molecular flexibility index (Phi) is 5.29. The summed E-state index contributed by atoms with van der Waals surface area (Å²) in [6.07, 6.45) is 6.85. The summed E-state index contributed by atoms with van der Waals surface area (Å²) in [4.78, 5) is 8.53. The Morgan fingerprint density at radius 2 is 2.00 bits per heavy atom. The molecule has 0 radical (unpaired) electrons. The van der Waals surface area contributed by atoms with Gasteiger partial charge in [0.25, 0.3) is 0 Å². The summed E-state index contributed by atoms with van der Waals surface area (Å²) in [5.74, 6) is 0. The number of nitrogens with zero attached hydrogens (tertiary/aromatic N) is 2. The fraction of sp³-hybridized carbons (Fsp3) is 0.263. The predicted octanol–water partition coefficient (Wildman–Crippen LogP) is 3.31. The maximum absolute atomic E-state index is 9.45. The van der Waals surface area contributed by atoms with Gasteiger partial charge in [0.1, 0.15) is 6.10 Å². The van der Waals surface area contributed by atoms with Gasteiger partial charge in [0.15, 0.2) is 0 Å². The zero-order chi connectivity index (χ0) is 15.9. The molecule has 0 aliphatic rings.